The van der Waals surface area contributed by atoms with E-state index in [-0.39, 0.29) is 30.7 Å². The van der Waals surface area contributed by atoms with Crippen LogP contribution in [0.5, 0.6) is 0 Å². The molecule has 2 aromatic rings. The topological polar surface area (TPSA) is 71.4 Å². The van der Waals surface area contributed by atoms with Crippen LogP contribution >= 0.6 is 24.8 Å². The van der Waals surface area contributed by atoms with Crippen molar-refractivity contribution in [2.45, 2.75) is 45.3 Å². The largest absolute Gasteiger partial charge is 0.399 e. The summed E-state index contributed by atoms with van der Waals surface area (Å²) in [5, 5.41) is 4.09. The van der Waals surface area contributed by atoms with Gasteiger partial charge in [0, 0.05) is 37.3 Å². The Morgan fingerprint density at radius 1 is 1.35 bits per heavy atom. The van der Waals surface area contributed by atoms with Gasteiger partial charge < -0.3 is 10.3 Å². The molecule has 1 aromatic carbocycles. The van der Waals surface area contributed by atoms with Crippen molar-refractivity contribution < 1.29 is 4.52 Å². The fourth-order valence-corrected chi connectivity index (χ4v) is 3.18. The average molecular weight is 402 g/mol. The van der Waals surface area contributed by atoms with E-state index in [1.54, 1.807) is 0 Å². The highest BCUT2D eigenvalue weighted by molar-refractivity contribution is 5.85. The lowest BCUT2D eigenvalue weighted by Gasteiger charge is -2.23. The van der Waals surface area contributed by atoms with E-state index < -0.39 is 0 Å². The summed E-state index contributed by atoms with van der Waals surface area (Å²) in [6.45, 7) is 7.97. The molecule has 0 radical (unpaired) electrons. The van der Waals surface area contributed by atoms with E-state index in [1.165, 1.54) is 5.56 Å². The minimum Gasteiger partial charge on any atom is -0.399 e. The van der Waals surface area contributed by atoms with Gasteiger partial charge in [-0.1, -0.05) is 31.1 Å². The van der Waals surface area contributed by atoms with E-state index in [0.717, 1.165) is 44.1 Å². The zero-order valence-corrected chi connectivity index (χ0v) is 17.2. The van der Waals surface area contributed by atoms with Gasteiger partial charge in [0.2, 0.25) is 5.89 Å². The molecule has 26 heavy (non-hydrogen) atoms. The SMILES string of the molecule is CC(C)c1nc(CN(C)C2CCN(Cc3cccc(N)c3)C2)no1.Cl.Cl. The van der Waals surface area contributed by atoms with Crippen molar-refractivity contribution in [1.82, 2.24) is 19.9 Å². The number of halogens is 2. The second-order valence-electron chi connectivity index (χ2n) is 7.04. The first-order valence-corrected chi connectivity index (χ1v) is 8.60. The van der Waals surface area contributed by atoms with Gasteiger partial charge in [-0.15, -0.1) is 24.8 Å². The fraction of sp³-hybridized carbons (Fsp3) is 0.556. The molecule has 2 heterocycles. The Balaban J connectivity index is 0.00000169. The zero-order chi connectivity index (χ0) is 17.1. The highest BCUT2D eigenvalue weighted by Gasteiger charge is 2.26. The first kappa shape index (κ1) is 22.7. The summed E-state index contributed by atoms with van der Waals surface area (Å²) in [6.07, 6.45) is 1.16. The number of anilines is 1. The fourth-order valence-electron chi connectivity index (χ4n) is 3.18. The normalized spacial score (nSPS) is 17.3. The Morgan fingerprint density at radius 2 is 2.12 bits per heavy atom. The van der Waals surface area contributed by atoms with Gasteiger partial charge in [0.1, 0.15) is 0 Å². The molecule has 146 valence electrons. The molecule has 0 aliphatic carbocycles. The number of likely N-dealkylation sites (tertiary alicyclic amines) is 1. The number of nitrogens with zero attached hydrogens (tertiary/aromatic N) is 4. The summed E-state index contributed by atoms with van der Waals surface area (Å²) in [5.74, 6) is 1.76. The predicted octanol–water partition coefficient (Wildman–Crippen LogP) is 3.33. The minimum atomic E-state index is 0. The van der Waals surface area contributed by atoms with E-state index in [9.17, 15) is 0 Å². The number of nitrogens with two attached hydrogens (primary N) is 1. The Hall–Kier alpha value is -1.34. The maximum absolute atomic E-state index is 5.87. The van der Waals surface area contributed by atoms with Crippen LogP contribution in [0.1, 0.15) is 43.5 Å². The third kappa shape index (κ3) is 5.84. The summed E-state index contributed by atoms with van der Waals surface area (Å²) in [4.78, 5) is 9.28. The number of aromatic nitrogens is 2. The van der Waals surface area contributed by atoms with Gasteiger partial charge in [0.05, 0.1) is 6.54 Å². The van der Waals surface area contributed by atoms with Crippen molar-refractivity contribution in [2.75, 3.05) is 25.9 Å². The monoisotopic (exact) mass is 401 g/mol. The van der Waals surface area contributed by atoms with Gasteiger partial charge >= 0.3 is 0 Å². The molecule has 1 fully saturated rings. The second kappa shape index (κ2) is 10.1. The van der Waals surface area contributed by atoms with Gasteiger partial charge in [-0.05, 0) is 31.2 Å². The molecule has 6 nitrogen and oxygen atoms in total. The molecule has 1 atom stereocenters. The number of hydrogen-bond acceptors (Lipinski definition) is 6. The smallest absolute Gasteiger partial charge is 0.229 e. The summed E-state index contributed by atoms with van der Waals surface area (Å²) < 4.78 is 5.29. The maximum atomic E-state index is 5.87. The Bertz CT molecular complexity index is 679. The lowest BCUT2D eigenvalue weighted by molar-refractivity contribution is 0.216. The number of nitrogen functional groups attached to an aromatic ring is 1. The lowest BCUT2D eigenvalue weighted by atomic mass is 10.2. The van der Waals surface area contributed by atoms with Gasteiger partial charge in [0.25, 0.3) is 0 Å². The molecule has 1 aliphatic heterocycles. The van der Waals surface area contributed by atoms with E-state index in [1.807, 2.05) is 12.1 Å². The maximum Gasteiger partial charge on any atom is 0.229 e. The highest BCUT2D eigenvalue weighted by atomic mass is 35.5. The standard InChI is InChI=1S/C18H27N5O.2ClH/c1-13(2)18-20-17(21-24-18)12-22(3)16-7-8-23(11-16)10-14-5-4-6-15(19)9-14;;/h4-6,9,13,16H,7-8,10-12,19H2,1-3H3;2*1H. The van der Waals surface area contributed by atoms with E-state index >= 15 is 0 Å². The van der Waals surface area contributed by atoms with Gasteiger partial charge in [-0.2, -0.15) is 4.98 Å². The van der Waals surface area contributed by atoms with Crippen LogP contribution in [-0.4, -0.2) is 46.1 Å². The predicted molar refractivity (Wildman–Crippen MR) is 109 cm³/mol. The summed E-state index contributed by atoms with van der Waals surface area (Å²) in [6, 6.07) is 8.67. The van der Waals surface area contributed by atoms with Gasteiger partial charge in [-0.25, -0.2) is 0 Å². The molecule has 0 spiro atoms. The number of hydrogen-bond donors (Lipinski definition) is 1. The number of rotatable bonds is 6. The Morgan fingerprint density at radius 3 is 2.77 bits per heavy atom. The molecule has 0 bridgehead atoms. The third-order valence-electron chi connectivity index (χ3n) is 4.60. The molecule has 1 aromatic heterocycles. The third-order valence-corrected chi connectivity index (χ3v) is 4.60. The average Bonchev–Trinajstić information content (AvgIpc) is 3.17. The molecule has 1 unspecified atom stereocenters. The van der Waals surface area contributed by atoms with E-state index in [2.05, 4.69) is 53.0 Å². The van der Waals surface area contributed by atoms with Crippen molar-refractivity contribution in [3.8, 4) is 0 Å². The molecule has 1 saturated heterocycles. The number of benzene rings is 1. The Kier molecular flexibility index (Phi) is 8.83. The molecule has 2 N–H and O–H groups in total. The van der Waals surface area contributed by atoms with Crippen LogP contribution in [0.25, 0.3) is 0 Å². The van der Waals surface area contributed by atoms with Crippen molar-refractivity contribution >= 4 is 30.5 Å². The molecule has 3 rings (SSSR count). The summed E-state index contributed by atoms with van der Waals surface area (Å²) >= 11 is 0. The molecule has 0 amide bonds. The van der Waals surface area contributed by atoms with Crippen LogP contribution < -0.4 is 5.73 Å². The molecule has 0 saturated carbocycles. The number of likely N-dealkylation sites (N-methyl/N-ethyl adjacent to an activating group) is 1. The van der Waals surface area contributed by atoms with Crippen LogP contribution in [-0.2, 0) is 13.1 Å². The van der Waals surface area contributed by atoms with Gasteiger partial charge in [-0.3, -0.25) is 9.80 Å². The molecule has 8 heteroatoms. The van der Waals surface area contributed by atoms with E-state index in [4.69, 9.17) is 10.3 Å². The van der Waals surface area contributed by atoms with Crippen LogP contribution in [0.15, 0.2) is 28.8 Å². The first-order chi connectivity index (χ1) is 11.5. The van der Waals surface area contributed by atoms with Crippen LogP contribution in [0.3, 0.4) is 0 Å². The molecular formula is C18H29Cl2N5O. The summed E-state index contributed by atoms with van der Waals surface area (Å²) in [5.41, 5.74) is 7.98. The Labute approximate surface area is 167 Å². The first-order valence-electron chi connectivity index (χ1n) is 8.60. The van der Waals surface area contributed by atoms with Crippen molar-refractivity contribution in [3.05, 3.63) is 41.5 Å². The minimum absolute atomic E-state index is 0. The van der Waals surface area contributed by atoms with Crippen molar-refractivity contribution in [3.63, 3.8) is 0 Å². The van der Waals surface area contributed by atoms with Gasteiger partial charge in [0.15, 0.2) is 5.82 Å². The van der Waals surface area contributed by atoms with Crippen LogP contribution in [0, 0.1) is 0 Å². The van der Waals surface area contributed by atoms with Crippen LogP contribution in [0.2, 0.25) is 0 Å². The van der Waals surface area contributed by atoms with Crippen molar-refractivity contribution in [1.29, 1.82) is 0 Å². The lowest BCUT2D eigenvalue weighted by Crippen LogP contribution is -2.34. The second-order valence-corrected chi connectivity index (χ2v) is 7.04. The highest BCUT2D eigenvalue weighted by Crippen LogP contribution is 2.20. The quantitative estimate of drug-likeness (QED) is 0.748. The molecule has 1 aliphatic rings. The van der Waals surface area contributed by atoms with Crippen LogP contribution in [0.4, 0.5) is 5.69 Å². The zero-order valence-electron chi connectivity index (χ0n) is 15.6. The van der Waals surface area contributed by atoms with Crippen molar-refractivity contribution in [2.24, 2.45) is 0 Å². The summed E-state index contributed by atoms with van der Waals surface area (Å²) in [7, 11) is 2.14. The van der Waals surface area contributed by atoms with E-state index in [0.29, 0.717) is 11.9 Å². The molecular weight excluding hydrogens is 373 g/mol.